The predicted octanol–water partition coefficient (Wildman–Crippen LogP) is 0.0300. The highest BCUT2D eigenvalue weighted by Crippen LogP contribution is 2.33. The van der Waals surface area contributed by atoms with E-state index in [2.05, 4.69) is 9.88 Å². The molecule has 24 heavy (non-hydrogen) atoms. The third kappa shape index (κ3) is 2.75. The molecule has 2 atom stereocenters. The highest BCUT2D eigenvalue weighted by atomic mass is 32.2. The third-order valence-corrected chi connectivity index (χ3v) is 7.49. The minimum absolute atomic E-state index is 0.104. The molecule has 0 unspecified atom stereocenters. The number of hydrogen-bond donors (Lipinski definition) is 0. The Morgan fingerprint density at radius 1 is 1.25 bits per heavy atom. The maximum absolute atomic E-state index is 12.7. The van der Waals surface area contributed by atoms with E-state index < -0.39 is 9.84 Å². The van der Waals surface area contributed by atoms with E-state index >= 15 is 0 Å². The Bertz CT molecular complexity index is 740. The zero-order valence-electron chi connectivity index (χ0n) is 14.0. The molecule has 1 amide bonds. The number of carbonyl (C=O) groups is 1. The molecule has 0 bridgehead atoms. The summed E-state index contributed by atoms with van der Waals surface area (Å²) >= 11 is 0. The second kappa shape index (κ2) is 5.84. The van der Waals surface area contributed by atoms with E-state index in [9.17, 15) is 13.2 Å². The molecule has 1 aromatic heterocycles. The molecule has 1 aliphatic carbocycles. The number of piperazine rings is 1. The molecule has 132 valence electrons. The van der Waals surface area contributed by atoms with E-state index in [4.69, 9.17) is 0 Å². The molecule has 1 saturated carbocycles. The average Bonchev–Trinajstić information content (AvgIpc) is 2.99. The molecule has 0 aromatic carbocycles. The molecule has 3 fully saturated rings. The van der Waals surface area contributed by atoms with Crippen LogP contribution in [0.5, 0.6) is 0 Å². The van der Waals surface area contributed by atoms with E-state index in [1.54, 1.807) is 6.20 Å². The maximum Gasteiger partial charge on any atom is 0.226 e. The van der Waals surface area contributed by atoms with E-state index in [0.717, 1.165) is 25.1 Å². The Kier molecular flexibility index (Phi) is 3.91. The van der Waals surface area contributed by atoms with Crippen molar-refractivity contribution < 1.29 is 13.2 Å². The van der Waals surface area contributed by atoms with Crippen LogP contribution in [0.1, 0.15) is 25.1 Å². The zero-order valence-corrected chi connectivity index (χ0v) is 14.8. The SMILES string of the molecule is Cn1ccnc1CN1CCN(C(=O)C2CCC2)[C@@H]2CS(=O)(=O)C[C@@H]21. The number of rotatable bonds is 3. The Labute approximate surface area is 142 Å². The molecule has 0 spiro atoms. The van der Waals surface area contributed by atoms with Crippen LogP contribution in [0.2, 0.25) is 0 Å². The van der Waals surface area contributed by atoms with Crippen LogP contribution in [-0.4, -0.2) is 70.4 Å². The standard InChI is InChI=1S/C16H24N4O3S/c1-18-6-5-17-15(18)9-19-7-8-20(16(21)12-3-2-4-12)14-11-24(22,23)10-13(14)19/h5-6,12-14H,2-4,7-11H2,1H3/t13-,14+/m0/s1. The molecular formula is C16H24N4O3S. The van der Waals surface area contributed by atoms with Crippen LogP contribution >= 0.6 is 0 Å². The van der Waals surface area contributed by atoms with Gasteiger partial charge >= 0.3 is 0 Å². The first-order valence-corrected chi connectivity index (χ1v) is 10.5. The molecule has 3 heterocycles. The van der Waals surface area contributed by atoms with Crippen molar-refractivity contribution in [2.75, 3.05) is 24.6 Å². The molecule has 2 saturated heterocycles. The van der Waals surface area contributed by atoms with Crippen molar-refractivity contribution in [3.8, 4) is 0 Å². The molecule has 7 nitrogen and oxygen atoms in total. The first-order valence-electron chi connectivity index (χ1n) is 8.66. The van der Waals surface area contributed by atoms with Gasteiger partial charge in [0.15, 0.2) is 9.84 Å². The second-order valence-electron chi connectivity index (χ2n) is 7.30. The monoisotopic (exact) mass is 352 g/mol. The molecule has 1 aromatic rings. The lowest BCUT2D eigenvalue weighted by Crippen LogP contribution is -2.61. The number of nitrogens with zero attached hydrogens (tertiary/aromatic N) is 4. The lowest BCUT2D eigenvalue weighted by Gasteiger charge is -2.45. The fraction of sp³-hybridized carbons (Fsp3) is 0.750. The minimum Gasteiger partial charge on any atom is -0.337 e. The van der Waals surface area contributed by atoms with Crippen LogP contribution in [0.25, 0.3) is 0 Å². The summed E-state index contributed by atoms with van der Waals surface area (Å²) in [5.74, 6) is 1.47. The number of imidazole rings is 1. The van der Waals surface area contributed by atoms with Gasteiger partial charge in [-0.2, -0.15) is 0 Å². The fourth-order valence-electron chi connectivity index (χ4n) is 4.11. The van der Waals surface area contributed by atoms with Gasteiger partial charge in [-0.25, -0.2) is 13.4 Å². The number of aromatic nitrogens is 2. The average molecular weight is 352 g/mol. The topological polar surface area (TPSA) is 75.5 Å². The summed E-state index contributed by atoms with van der Waals surface area (Å²) in [5, 5.41) is 0. The number of amides is 1. The van der Waals surface area contributed by atoms with Gasteiger partial charge in [-0.15, -0.1) is 0 Å². The van der Waals surface area contributed by atoms with Crippen LogP contribution in [0, 0.1) is 5.92 Å². The van der Waals surface area contributed by atoms with Gasteiger partial charge in [-0.1, -0.05) is 6.42 Å². The van der Waals surface area contributed by atoms with Crippen LogP contribution < -0.4 is 0 Å². The van der Waals surface area contributed by atoms with Gasteiger partial charge in [0.25, 0.3) is 0 Å². The lowest BCUT2D eigenvalue weighted by atomic mass is 9.83. The largest absolute Gasteiger partial charge is 0.337 e. The quantitative estimate of drug-likeness (QED) is 0.767. The van der Waals surface area contributed by atoms with Crippen molar-refractivity contribution >= 4 is 15.7 Å². The van der Waals surface area contributed by atoms with Crippen molar-refractivity contribution in [1.82, 2.24) is 19.4 Å². The van der Waals surface area contributed by atoms with Gasteiger partial charge in [0.05, 0.1) is 24.1 Å². The van der Waals surface area contributed by atoms with Crippen molar-refractivity contribution in [3.05, 3.63) is 18.2 Å². The summed E-state index contributed by atoms with van der Waals surface area (Å²) in [6, 6.07) is -0.304. The van der Waals surface area contributed by atoms with Gasteiger partial charge in [-0.3, -0.25) is 9.69 Å². The highest BCUT2D eigenvalue weighted by Gasteiger charge is 2.49. The van der Waals surface area contributed by atoms with E-state index in [-0.39, 0.29) is 35.4 Å². The molecule has 0 N–H and O–H groups in total. The number of hydrogen-bond acceptors (Lipinski definition) is 5. The van der Waals surface area contributed by atoms with E-state index in [0.29, 0.717) is 19.6 Å². The van der Waals surface area contributed by atoms with Gasteiger partial charge in [-0.05, 0) is 12.8 Å². The van der Waals surface area contributed by atoms with Crippen LogP contribution in [0.3, 0.4) is 0 Å². The van der Waals surface area contributed by atoms with Gasteiger partial charge in [0.1, 0.15) is 5.82 Å². The summed E-state index contributed by atoms with van der Waals surface area (Å²) in [7, 11) is -1.15. The minimum atomic E-state index is -3.09. The molecule has 3 aliphatic rings. The number of fused-ring (bicyclic) bond motifs is 1. The fourth-order valence-corrected chi connectivity index (χ4v) is 6.13. The lowest BCUT2D eigenvalue weighted by molar-refractivity contribution is -0.144. The maximum atomic E-state index is 12.7. The predicted molar refractivity (Wildman–Crippen MR) is 88.9 cm³/mol. The number of aryl methyl sites for hydroxylation is 1. The Morgan fingerprint density at radius 2 is 2.00 bits per heavy atom. The van der Waals surface area contributed by atoms with E-state index in [1.165, 1.54) is 0 Å². The molecule has 0 radical (unpaired) electrons. The summed E-state index contributed by atoms with van der Waals surface area (Å²) in [6.07, 6.45) is 6.68. The molecular weight excluding hydrogens is 328 g/mol. The third-order valence-electron chi connectivity index (χ3n) is 5.79. The zero-order chi connectivity index (χ0) is 16.9. The first kappa shape index (κ1) is 16.1. The highest BCUT2D eigenvalue weighted by molar-refractivity contribution is 7.91. The molecule has 8 heteroatoms. The smallest absolute Gasteiger partial charge is 0.226 e. The first-order chi connectivity index (χ1) is 11.4. The van der Waals surface area contributed by atoms with Crippen molar-refractivity contribution in [2.45, 2.75) is 37.9 Å². The molecule has 2 aliphatic heterocycles. The Balaban J connectivity index is 1.55. The van der Waals surface area contributed by atoms with Crippen molar-refractivity contribution in [3.63, 3.8) is 0 Å². The van der Waals surface area contributed by atoms with E-state index in [1.807, 2.05) is 22.7 Å². The normalized spacial score (nSPS) is 30.1. The number of sulfone groups is 1. The second-order valence-corrected chi connectivity index (χ2v) is 9.45. The Morgan fingerprint density at radius 3 is 2.62 bits per heavy atom. The van der Waals surface area contributed by atoms with Crippen molar-refractivity contribution in [1.29, 1.82) is 0 Å². The summed E-state index contributed by atoms with van der Waals surface area (Å²) in [6.45, 7) is 1.96. The van der Waals surface area contributed by atoms with Crippen LogP contribution in [0.4, 0.5) is 0 Å². The molecule has 4 rings (SSSR count). The summed E-state index contributed by atoms with van der Waals surface area (Å²) < 4.78 is 26.5. The van der Waals surface area contributed by atoms with Crippen LogP contribution in [-0.2, 0) is 28.2 Å². The van der Waals surface area contributed by atoms with Gasteiger partial charge in [0, 0.05) is 44.5 Å². The van der Waals surface area contributed by atoms with Gasteiger partial charge in [0.2, 0.25) is 5.91 Å². The van der Waals surface area contributed by atoms with Gasteiger partial charge < -0.3 is 9.47 Å². The van der Waals surface area contributed by atoms with Crippen molar-refractivity contribution in [2.24, 2.45) is 13.0 Å². The summed E-state index contributed by atoms with van der Waals surface area (Å²) in [5.41, 5.74) is 0. The van der Waals surface area contributed by atoms with Crippen LogP contribution in [0.15, 0.2) is 12.4 Å². The Hall–Kier alpha value is -1.41. The summed E-state index contributed by atoms with van der Waals surface area (Å²) in [4.78, 5) is 21.1. The number of carbonyl (C=O) groups excluding carboxylic acids is 1.